The Labute approximate surface area is 195 Å². The summed E-state index contributed by atoms with van der Waals surface area (Å²) in [6, 6.07) is 23.0. The van der Waals surface area contributed by atoms with Gasteiger partial charge in [0.1, 0.15) is 11.6 Å². The molecule has 33 heavy (non-hydrogen) atoms. The number of carbonyl (C=O) groups is 1. The highest BCUT2D eigenvalue weighted by molar-refractivity contribution is 5.83. The first-order chi connectivity index (χ1) is 16.2. The largest absolute Gasteiger partial charge is 0.494 e. The van der Waals surface area contributed by atoms with Crippen LogP contribution in [0.1, 0.15) is 44.9 Å². The Kier molecular flexibility index (Phi) is 7.96. The third kappa shape index (κ3) is 6.13. The van der Waals surface area contributed by atoms with E-state index in [9.17, 15) is 4.79 Å². The lowest BCUT2D eigenvalue weighted by Gasteiger charge is -2.11. The Morgan fingerprint density at radius 2 is 1.76 bits per heavy atom. The Morgan fingerprint density at radius 1 is 0.939 bits per heavy atom. The Hall–Kier alpha value is -3.34. The molecule has 0 spiro atoms. The minimum atomic E-state index is 0.128. The van der Waals surface area contributed by atoms with E-state index in [4.69, 9.17) is 9.72 Å². The lowest BCUT2D eigenvalue weighted by molar-refractivity contribution is -0.120. The van der Waals surface area contributed by atoms with E-state index >= 15 is 0 Å². The predicted octanol–water partition coefficient (Wildman–Crippen LogP) is 5.90. The van der Waals surface area contributed by atoms with E-state index in [-0.39, 0.29) is 5.91 Å². The number of nitrogens with one attached hydrogen (secondary N) is 1. The van der Waals surface area contributed by atoms with Crippen LogP contribution in [0.2, 0.25) is 0 Å². The van der Waals surface area contributed by atoms with E-state index in [1.807, 2.05) is 19.1 Å². The van der Waals surface area contributed by atoms with Crippen LogP contribution in [-0.4, -0.2) is 28.6 Å². The molecule has 3 aromatic carbocycles. The van der Waals surface area contributed by atoms with Gasteiger partial charge in [-0.3, -0.25) is 4.79 Å². The molecule has 0 bridgehead atoms. The molecule has 172 valence electrons. The van der Waals surface area contributed by atoms with Gasteiger partial charge in [0.15, 0.2) is 0 Å². The zero-order valence-electron chi connectivity index (χ0n) is 19.4. The molecule has 0 aliphatic heterocycles. The number of ether oxygens (including phenoxy) is 1. The highest BCUT2D eigenvalue weighted by Crippen LogP contribution is 2.21. The van der Waals surface area contributed by atoms with Crippen molar-refractivity contribution in [3.63, 3.8) is 0 Å². The van der Waals surface area contributed by atoms with Crippen LogP contribution in [-0.2, 0) is 17.8 Å². The molecule has 5 heteroatoms. The van der Waals surface area contributed by atoms with Gasteiger partial charge in [0.05, 0.1) is 17.6 Å². The van der Waals surface area contributed by atoms with Crippen LogP contribution in [0.25, 0.3) is 21.8 Å². The minimum absolute atomic E-state index is 0.128. The highest BCUT2D eigenvalue weighted by atomic mass is 16.5. The fraction of sp³-hybridized carbons (Fsp3) is 0.357. The van der Waals surface area contributed by atoms with Crippen molar-refractivity contribution in [1.29, 1.82) is 0 Å². The van der Waals surface area contributed by atoms with Gasteiger partial charge in [-0.05, 0) is 54.3 Å². The highest BCUT2D eigenvalue weighted by Gasteiger charge is 2.10. The first-order valence-electron chi connectivity index (χ1n) is 12.1. The summed E-state index contributed by atoms with van der Waals surface area (Å²) in [6.07, 6.45) is 5.57. The number of aromatic nitrogens is 2. The first kappa shape index (κ1) is 22.8. The molecule has 5 nitrogen and oxygen atoms in total. The van der Waals surface area contributed by atoms with Crippen molar-refractivity contribution in [3.8, 4) is 5.75 Å². The molecule has 1 heterocycles. The van der Waals surface area contributed by atoms with Crippen molar-refractivity contribution in [2.45, 2.75) is 52.0 Å². The Morgan fingerprint density at radius 3 is 2.64 bits per heavy atom. The number of hydrogen-bond donors (Lipinski definition) is 1. The normalized spacial score (nSPS) is 11.2. The third-order valence-corrected chi connectivity index (χ3v) is 5.97. The van der Waals surface area contributed by atoms with Crippen LogP contribution in [0.4, 0.5) is 0 Å². The zero-order chi connectivity index (χ0) is 22.9. The van der Waals surface area contributed by atoms with Crippen LogP contribution < -0.4 is 10.1 Å². The number of imidazole rings is 1. The molecule has 4 aromatic rings. The number of fused-ring (bicyclic) bond motifs is 2. The van der Waals surface area contributed by atoms with Crippen molar-refractivity contribution in [2.75, 3.05) is 13.2 Å². The maximum absolute atomic E-state index is 11.3. The minimum Gasteiger partial charge on any atom is -0.494 e. The Bertz CT molecular complexity index is 1200. The van der Waals surface area contributed by atoms with Crippen molar-refractivity contribution >= 4 is 27.7 Å². The van der Waals surface area contributed by atoms with Crippen LogP contribution >= 0.6 is 0 Å². The third-order valence-electron chi connectivity index (χ3n) is 5.97. The SMILES string of the molecule is CCC(=O)NCCCCCc1nc2ccccc2n1CCCOc1ccc2ccccc2c1. The smallest absolute Gasteiger partial charge is 0.219 e. The summed E-state index contributed by atoms with van der Waals surface area (Å²) in [5.74, 6) is 2.18. The number of benzene rings is 3. The van der Waals surface area contributed by atoms with E-state index in [1.165, 1.54) is 16.3 Å². The molecule has 0 saturated carbocycles. The van der Waals surface area contributed by atoms with Gasteiger partial charge in [-0.2, -0.15) is 0 Å². The molecular weight excluding hydrogens is 410 g/mol. The summed E-state index contributed by atoms with van der Waals surface area (Å²) in [4.78, 5) is 16.2. The summed E-state index contributed by atoms with van der Waals surface area (Å²) in [5, 5.41) is 5.38. The van der Waals surface area contributed by atoms with Crippen molar-refractivity contribution in [1.82, 2.24) is 14.9 Å². The molecule has 0 radical (unpaired) electrons. The second kappa shape index (κ2) is 11.5. The van der Waals surface area contributed by atoms with Crippen LogP contribution in [0.3, 0.4) is 0 Å². The van der Waals surface area contributed by atoms with Gasteiger partial charge >= 0.3 is 0 Å². The molecule has 1 aromatic heterocycles. The number of amides is 1. The van der Waals surface area contributed by atoms with E-state index in [0.29, 0.717) is 13.0 Å². The standard InChI is InChI=1S/C28H33N3O2/c1-2-28(32)29-18-9-3-4-15-27-30-25-13-7-8-14-26(25)31(27)19-10-20-33-24-17-16-22-11-5-6-12-23(22)21-24/h5-8,11-14,16-17,21H,2-4,9-10,15,18-20H2,1H3,(H,29,32). The quantitative estimate of drug-likeness (QED) is 0.277. The average molecular weight is 444 g/mol. The molecule has 0 fully saturated rings. The molecule has 0 atom stereocenters. The lowest BCUT2D eigenvalue weighted by Crippen LogP contribution is -2.23. The lowest BCUT2D eigenvalue weighted by atomic mass is 10.1. The maximum Gasteiger partial charge on any atom is 0.219 e. The second-order valence-electron chi connectivity index (χ2n) is 8.39. The second-order valence-corrected chi connectivity index (χ2v) is 8.39. The Balaban J connectivity index is 1.30. The van der Waals surface area contributed by atoms with Gasteiger partial charge in [0, 0.05) is 25.9 Å². The van der Waals surface area contributed by atoms with Gasteiger partial charge in [-0.25, -0.2) is 4.98 Å². The summed E-state index contributed by atoms with van der Waals surface area (Å²) in [6.45, 7) is 4.19. The van der Waals surface area contributed by atoms with Crippen molar-refractivity contribution in [3.05, 3.63) is 72.6 Å². The monoisotopic (exact) mass is 443 g/mol. The molecule has 0 aliphatic carbocycles. The molecule has 0 saturated heterocycles. The number of carbonyl (C=O) groups excluding carboxylic acids is 1. The van der Waals surface area contributed by atoms with E-state index < -0.39 is 0 Å². The first-order valence-corrected chi connectivity index (χ1v) is 12.1. The van der Waals surface area contributed by atoms with Crippen LogP contribution in [0.15, 0.2) is 66.7 Å². The fourth-order valence-corrected chi connectivity index (χ4v) is 4.17. The number of unbranched alkanes of at least 4 members (excludes halogenated alkanes) is 2. The number of aryl methyl sites for hydroxylation is 2. The van der Waals surface area contributed by atoms with Crippen LogP contribution in [0.5, 0.6) is 5.75 Å². The van der Waals surface area contributed by atoms with E-state index in [0.717, 1.165) is 62.3 Å². The summed E-state index contributed by atoms with van der Waals surface area (Å²) in [7, 11) is 0. The van der Waals surface area contributed by atoms with Gasteiger partial charge in [-0.1, -0.05) is 55.8 Å². The molecule has 1 N–H and O–H groups in total. The molecule has 0 aliphatic rings. The van der Waals surface area contributed by atoms with Gasteiger partial charge in [0.2, 0.25) is 5.91 Å². The number of hydrogen-bond acceptors (Lipinski definition) is 3. The number of rotatable bonds is 12. The average Bonchev–Trinajstić information content (AvgIpc) is 3.21. The van der Waals surface area contributed by atoms with Gasteiger partial charge in [-0.15, -0.1) is 0 Å². The maximum atomic E-state index is 11.3. The molecule has 1 amide bonds. The van der Waals surface area contributed by atoms with Crippen LogP contribution in [0, 0.1) is 0 Å². The number of para-hydroxylation sites is 2. The molecule has 0 unspecified atom stereocenters. The predicted molar refractivity (Wildman–Crippen MR) is 135 cm³/mol. The fourth-order valence-electron chi connectivity index (χ4n) is 4.17. The van der Waals surface area contributed by atoms with E-state index in [2.05, 4.69) is 64.5 Å². The van der Waals surface area contributed by atoms with Gasteiger partial charge < -0.3 is 14.6 Å². The van der Waals surface area contributed by atoms with Crippen molar-refractivity contribution < 1.29 is 9.53 Å². The summed E-state index contributed by atoms with van der Waals surface area (Å²) in [5.41, 5.74) is 2.24. The van der Waals surface area contributed by atoms with Crippen molar-refractivity contribution in [2.24, 2.45) is 0 Å². The summed E-state index contributed by atoms with van der Waals surface area (Å²) < 4.78 is 8.40. The number of nitrogens with zero attached hydrogens (tertiary/aromatic N) is 2. The van der Waals surface area contributed by atoms with E-state index in [1.54, 1.807) is 0 Å². The van der Waals surface area contributed by atoms with Gasteiger partial charge in [0.25, 0.3) is 0 Å². The topological polar surface area (TPSA) is 56.2 Å². The molecular formula is C28H33N3O2. The molecule has 4 rings (SSSR count). The zero-order valence-corrected chi connectivity index (χ0v) is 19.4. The summed E-state index contributed by atoms with van der Waals surface area (Å²) >= 11 is 0.